The molecule has 1 aromatic carbocycles. The number of pyridine rings is 1. The van der Waals surface area contributed by atoms with Crippen molar-refractivity contribution in [3.05, 3.63) is 53.2 Å². The van der Waals surface area contributed by atoms with Crippen LogP contribution in [-0.4, -0.2) is 33.4 Å². The average molecular weight is 439 g/mol. The van der Waals surface area contributed by atoms with Crippen molar-refractivity contribution in [3.8, 4) is 28.7 Å². The number of hydrogen-bond acceptors (Lipinski definition) is 7. The summed E-state index contributed by atoms with van der Waals surface area (Å²) in [4.78, 5) is 10.2. The van der Waals surface area contributed by atoms with Gasteiger partial charge in [-0.1, -0.05) is 13.8 Å². The van der Waals surface area contributed by atoms with Gasteiger partial charge < -0.3 is 15.3 Å². The Kier molecular flexibility index (Phi) is 6.95. The van der Waals surface area contributed by atoms with E-state index in [4.69, 9.17) is 15.3 Å². The molecule has 8 nitrogen and oxygen atoms in total. The molecule has 0 amide bonds. The number of fused-ring (bicyclic) bond motifs is 5. The van der Waals surface area contributed by atoms with E-state index >= 15 is 0 Å². The Labute approximate surface area is 186 Å². The number of nitrogens with zero attached hydrogens (tertiary/aromatic N) is 5. The number of hydrogen-bond donors (Lipinski definition) is 1. The molecule has 0 saturated heterocycles. The van der Waals surface area contributed by atoms with E-state index in [1.54, 1.807) is 49.1 Å². The maximum atomic E-state index is 13.9. The molecule has 0 spiro atoms. The monoisotopic (exact) mass is 438 g/mol. The molecule has 4 rings (SSSR count). The van der Waals surface area contributed by atoms with Crippen LogP contribution >= 0.6 is 0 Å². The second-order valence-corrected chi connectivity index (χ2v) is 7.15. The third kappa shape index (κ3) is 4.50. The lowest BCUT2D eigenvalue weighted by Gasteiger charge is -2.22. The molecule has 0 saturated carbocycles. The molecule has 1 aliphatic rings. The molecule has 1 unspecified atom stereocenters. The zero-order chi connectivity index (χ0) is 23.4. The highest BCUT2D eigenvalue weighted by atomic mass is 19.1. The first-order valence-electron chi connectivity index (χ1n) is 10.4. The molecule has 9 heteroatoms. The number of benzene rings is 1. The summed E-state index contributed by atoms with van der Waals surface area (Å²) in [6.45, 7) is 6.28. The van der Waals surface area contributed by atoms with Crippen molar-refractivity contribution in [2.45, 2.75) is 33.3 Å². The third-order valence-corrected chi connectivity index (χ3v) is 5.03. The van der Waals surface area contributed by atoms with Gasteiger partial charge >= 0.3 is 0 Å². The van der Waals surface area contributed by atoms with E-state index in [0.29, 0.717) is 46.8 Å². The second kappa shape index (κ2) is 9.66. The van der Waals surface area contributed by atoms with Crippen molar-refractivity contribution in [3.63, 3.8) is 0 Å². The Morgan fingerprint density at radius 2 is 1.97 bits per heavy atom. The topological polar surface area (TPSA) is 102 Å². The van der Waals surface area contributed by atoms with Crippen molar-refractivity contribution in [1.82, 2.24) is 19.8 Å². The van der Waals surface area contributed by atoms with Crippen molar-refractivity contribution >= 4 is 5.82 Å². The summed E-state index contributed by atoms with van der Waals surface area (Å²) in [6.07, 6.45) is 1.56. The van der Waals surface area contributed by atoms with Gasteiger partial charge in [-0.3, -0.25) is 4.68 Å². The zero-order valence-corrected chi connectivity index (χ0v) is 18.9. The second-order valence-electron chi connectivity index (χ2n) is 7.15. The fourth-order valence-electron chi connectivity index (χ4n) is 3.52. The number of aryl methyl sites for hydroxylation is 1. The summed E-state index contributed by atoms with van der Waals surface area (Å²) < 4.78 is 21.5. The molecule has 1 atom stereocenters. The normalized spacial score (nSPS) is 15.7. The third-order valence-electron chi connectivity index (χ3n) is 5.03. The SMILES string of the molecule is CC.CC1Oc2cc(cnc2N)-c2c(nn(C)c2C#N)CCN(C)Oc2ccc(F)cc21. The average Bonchev–Trinajstić information content (AvgIpc) is 3.11. The van der Waals surface area contributed by atoms with Crippen LogP contribution in [0.1, 0.15) is 43.8 Å². The predicted molar refractivity (Wildman–Crippen MR) is 119 cm³/mol. The van der Waals surface area contributed by atoms with Crippen LogP contribution < -0.4 is 15.3 Å². The smallest absolute Gasteiger partial charge is 0.166 e. The zero-order valence-electron chi connectivity index (χ0n) is 18.9. The lowest BCUT2D eigenvalue weighted by Crippen LogP contribution is -2.26. The molecule has 2 N–H and O–H groups in total. The van der Waals surface area contributed by atoms with Crippen LogP contribution in [0.3, 0.4) is 0 Å². The summed E-state index contributed by atoms with van der Waals surface area (Å²) >= 11 is 0. The molecule has 3 heterocycles. The summed E-state index contributed by atoms with van der Waals surface area (Å²) in [5.74, 6) is 0.615. The molecule has 32 heavy (non-hydrogen) atoms. The van der Waals surface area contributed by atoms with Crippen LogP contribution in [0.25, 0.3) is 11.1 Å². The fraction of sp³-hybridized carbons (Fsp3) is 0.348. The minimum Gasteiger partial charge on any atom is -0.482 e. The van der Waals surface area contributed by atoms with E-state index < -0.39 is 11.9 Å². The standard InChI is InChI=1S/C21H21FN6O2.C2H6/c1-12-15-9-14(22)4-5-18(15)30-27(2)7-6-16-20(17(10-23)28(3)26-16)13-8-19(29-12)21(24)25-11-13;1-2/h4-5,8-9,11-12H,6-7H2,1-3H3,(H2,24,25);1-2H3. The Balaban J connectivity index is 0.00000141. The number of aromatic nitrogens is 3. The fourth-order valence-corrected chi connectivity index (χ4v) is 3.52. The van der Waals surface area contributed by atoms with Crippen molar-refractivity contribution in [1.29, 1.82) is 5.26 Å². The van der Waals surface area contributed by atoms with Gasteiger partial charge in [0.05, 0.1) is 5.69 Å². The highest BCUT2D eigenvalue weighted by molar-refractivity contribution is 5.73. The number of nitrogens with two attached hydrogens (primary N) is 1. The van der Waals surface area contributed by atoms with Crippen LogP contribution in [0, 0.1) is 17.1 Å². The molecular weight excluding hydrogens is 411 g/mol. The van der Waals surface area contributed by atoms with Gasteiger partial charge in [0, 0.05) is 49.9 Å². The van der Waals surface area contributed by atoms with Gasteiger partial charge in [0.2, 0.25) is 0 Å². The molecule has 0 radical (unpaired) electrons. The first-order chi connectivity index (χ1) is 15.4. The van der Waals surface area contributed by atoms with Gasteiger partial charge in [0.1, 0.15) is 23.7 Å². The first kappa shape index (κ1) is 23.0. The maximum Gasteiger partial charge on any atom is 0.166 e. The summed E-state index contributed by atoms with van der Waals surface area (Å²) in [5, 5.41) is 15.8. The van der Waals surface area contributed by atoms with Gasteiger partial charge in [-0.05, 0) is 31.2 Å². The van der Waals surface area contributed by atoms with Crippen LogP contribution in [0.4, 0.5) is 10.2 Å². The van der Waals surface area contributed by atoms with Crippen LogP contribution in [0.2, 0.25) is 0 Å². The van der Waals surface area contributed by atoms with E-state index in [-0.39, 0.29) is 5.82 Å². The Morgan fingerprint density at radius 3 is 2.69 bits per heavy atom. The number of rotatable bonds is 0. The lowest BCUT2D eigenvalue weighted by molar-refractivity contribution is -0.0329. The molecule has 168 valence electrons. The van der Waals surface area contributed by atoms with Gasteiger partial charge in [-0.25, -0.2) is 9.37 Å². The van der Waals surface area contributed by atoms with Crippen LogP contribution in [0.5, 0.6) is 11.5 Å². The van der Waals surface area contributed by atoms with Crippen molar-refractivity contribution in [2.24, 2.45) is 7.05 Å². The largest absolute Gasteiger partial charge is 0.482 e. The van der Waals surface area contributed by atoms with E-state index in [1.807, 2.05) is 13.8 Å². The van der Waals surface area contributed by atoms with Crippen LogP contribution in [0.15, 0.2) is 30.5 Å². The molecule has 1 aliphatic heterocycles. The molecular formula is C23H27FN6O2. The molecule has 3 aromatic rings. The quantitative estimate of drug-likeness (QED) is 0.565. The van der Waals surface area contributed by atoms with Gasteiger partial charge in [0.15, 0.2) is 17.3 Å². The number of nitrogen functional groups attached to an aromatic ring is 1. The predicted octanol–water partition coefficient (Wildman–Crippen LogP) is 4.02. The maximum absolute atomic E-state index is 13.9. The summed E-state index contributed by atoms with van der Waals surface area (Å²) in [5.41, 5.74) is 9.08. The number of likely N-dealkylation sites (N-methyl/N-ethyl adjacent to an activating group) is 1. The lowest BCUT2D eigenvalue weighted by atomic mass is 10.0. The first-order valence-corrected chi connectivity index (χ1v) is 10.4. The molecule has 0 aliphatic carbocycles. The number of hydroxylamine groups is 2. The van der Waals surface area contributed by atoms with Crippen molar-refractivity contribution in [2.75, 3.05) is 19.3 Å². The van der Waals surface area contributed by atoms with E-state index in [9.17, 15) is 9.65 Å². The van der Waals surface area contributed by atoms with E-state index in [1.165, 1.54) is 12.1 Å². The summed E-state index contributed by atoms with van der Waals surface area (Å²) in [7, 11) is 3.51. The highest BCUT2D eigenvalue weighted by Crippen LogP contribution is 2.36. The van der Waals surface area contributed by atoms with Crippen molar-refractivity contribution < 1.29 is 14.0 Å². The highest BCUT2D eigenvalue weighted by Gasteiger charge is 2.23. The van der Waals surface area contributed by atoms with E-state index in [0.717, 1.165) is 5.69 Å². The number of anilines is 1. The molecule has 2 aromatic heterocycles. The van der Waals surface area contributed by atoms with Gasteiger partial charge in [0.25, 0.3) is 0 Å². The van der Waals surface area contributed by atoms with Crippen LogP contribution in [-0.2, 0) is 13.5 Å². The minimum absolute atomic E-state index is 0.195. The molecule has 2 bridgehead atoms. The Bertz CT molecular complexity index is 1150. The number of nitriles is 1. The van der Waals surface area contributed by atoms with Gasteiger partial charge in [-0.2, -0.15) is 10.4 Å². The summed E-state index contributed by atoms with van der Waals surface area (Å²) in [6, 6.07) is 8.23. The number of ether oxygens (including phenoxy) is 1. The van der Waals surface area contributed by atoms with E-state index in [2.05, 4.69) is 16.2 Å². The van der Waals surface area contributed by atoms with Gasteiger partial charge in [-0.15, -0.1) is 5.06 Å². The molecule has 0 fully saturated rings. The minimum atomic E-state index is -0.562. The number of halogens is 1. The Morgan fingerprint density at radius 1 is 1.22 bits per heavy atom. The Hall–Kier alpha value is -3.64.